The van der Waals surface area contributed by atoms with Gasteiger partial charge < -0.3 is 10.5 Å². The van der Waals surface area contributed by atoms with Gasteiger partial charge in [-0.2, -0.15) is 0 Å². The minimum atomic E-state index is 0.151. The fourth-order valence-corrected chi connectivity index (χ4v) is 1.74. The zero-order valence-electron chi connectivity index (χ0n) is 10.6. The van der Waals surface area contributed by atoms with Gasteiger partial charge in [0, 0.05) is 12.4 Å². The van der Waals surface area contributed by atoms with E-state index in [-0.39, 0.29) is 6.10 Å². The Balaban J connectivity index is 2.14. The van der Waals surface area contributed by atoms with E-state index < -0.39 is 0 Å². The molecule has 4 nitrogen and oxygen atoms in total. The molecule has 0 bridgehead atoms. The highest BCUT2D eigenvalue weighted by Crippen LogP contribution is 2.16. The molecular formula is C14H17N3O. The normalized spacial score (nSPS) is 10.6. The van der Waals surface area contributed by atoms with Crippen LogP contribution in [0.15, 0.2) is 36.8 Å². The summed E-state index contributed by atoms with van der Waals surface area (Å²) in [4.78, 5) is 8.16. The standard InChI is InChI=1S/C14H17N3O/c1-10(2)18-13-6-12(8-16-9-13)5-11-3-4-17-14(15)7-11/h3-4,6-10H,5H2,1-2H3,(H2,15,17). The maximum Gasteiger partial charge on any atom is 0.138 e. The summed E-state index contributed by atoms with van der Waals surface area (Å²) >= 11 is 0. The molecule has 0 radical (unpaired) electrons. The summed E-state index contributed by atoms with van der Waals surface area (Å²) in [5.41, 5.74) is 7.87. The molecule has 0 aliphatic rings. The molecule has 4 heteroatoms. The minimum absolute atomic E-state index is 0.151. The van der Waals surface area contributed by atoms with Crippen molar-refractivity contribution in [3.05, 3.63) is 47.9 Å². The Bertz CT molecular complexity index is 526. The van der Waals surface area contributed by atoms with Crippen molar-refractivity contribution in [2.75, 3.05) is 5.73 Å². The van der Waals surface area contributed by atoms with Crippen LogP contribution in [-0.4, -0.2) is 16.1 Å². The van der Waals surface area contributed by atoms with Gasteiger partial charge in [-0.15, -0.1) is 0 Å². The van der Waals surface area contributed by atoms with E-state index in [1.807, 2.05) is 38.2 Å². The van der Waals surface area contributed by atoms with Crippen molar-refractivity contribution in [3.63, 3.8) is 0 Å². The number of hydrogen-bond acceptors (Lipinski definition) is 4. The van der Waals surface area contributed by atoms with Crippen molar-refractivity contribution < 1.29 is 4.74 Å². The summed E-state index contributed by atoms with van der Waals surface area (Å²) < 4.78 is 5.62. The second-order valence-corrected chi connectivity index (χ2v) is 4.46. The van der Waals surface area contributed by atoms with E-state index >= 15 is 0 Å². The van der Waals surface area contributed by atoms with E-state index in [4.69, 9.17) is 10.5 Å². The van der Waals surface area contributed by atoms with Crippen LogP contribution in [0.1, 0.15) is 25.0 Å². The molecule has 0 atom stereocenters. The van der Waals surface area contributed by atoms with Gasteiger partial charge in [-0.25, -0.2) is 4.98 Å². The first-order valence-corrected chi connectivity index (χ1v) is 5.94. The Hall–Kier alpha value is -2.10. The maximum atomic E-state index is 5.66. The molecule has 2 aromatic heterocycles. The molecular weight excluding hydrogens is 226 g/mol. The van der Waals surface area contributed by atoms with Crippen LogP contribution in [0.25, 0.3) is 0 Å². The number of nitrogen functional groups attached to an aromatic ring is 1. The number of hydrogen-bond donors (Lipinski definition) is 1. The lowest BCUT2D eigenvalue weighted by Gasteiger charge is -2.10. The van der Waals surface area contributed by atoms with E-state index in [0.29, 0.717) is 5.82 Å². The van der Waals surface area contributed by atoms with Crippen molar-refractivity contribution in [3.8, 4) is 5.75 Å². The van der Waals surface area contributed by atoms with Crippen LogP contribution in [0.2, 0.25) is 0 Å². The number of rotatable bonds is 4. The second-order valence-electron chi connectivity index (χ2n) is 4.46. The van der Waals surface area contributed by atoms with Gasteiger partial charge in [0.1, 0.15) is 11.6 Å². The molecule has 0 unspecified atom stereocenters. The van der Waals surface area contributed by atoms with Crippen molar-refractivity contribution in [1.82, 2.24) is 9.97 Å². The lowest BCUT2D eigenvalue weighted by molar-refractivity contribution is 0.241. The van der Waals surface area contributed by atoms with Crippen LogP contribution >= 0.6 is 0 Å². The van der Waals surface area contributed by atoms with Crippen molar-refractivity contribution in [1.29, 1.82) is 0 Å². The quantitative estimate of drug-likeness (QED) is 0.896. The summed E-state index contributed by atoms with van der Waals surface area (Å²) in [6, 6.07) is 5.83. The van der Waals surface area contributed by atoms with Crippen molar-refractivity contribution >= 4 is 5.82 Å². The predicted molar refractivity (Wildman–Crippen MR) is 71.5 cm³/mol. The molecule has 0 aliphatic carbocycles. The van der Waals surface area contributed by atoms with Crippen molar-refractivity contribution in [2.24, 2.45) is 0 Å². The van der Waals surface area contributed by atoms with Crippen LogP contribution in [0.5, 0.6) is 5.75 Å². The SMILES string of the molecule is CC(C)Oc1cncc(Cc2ccnc(N)c2)c1. The summed E-state index contributed by atoms with van der Waals surface area (Å²) in [6.07, 6.45) is 6.20. The molecule has 94 valence electrons. The number of nitrogens with two attached hydrogens (primary N) is 1. The van der Waals surface area contributed by atoms with E-state index in [2.05, 4.69) is 9.97 Å². The molecule has 2 heterocycles. The Morgan fingerprint density at radius 2 is 2.06 bits per heavy atom. The third-order valence-electron chi connectivity index (χ3n) is 2.40. The van der Waals surface area contributed by atoms with Gasteiger partial charge in [0.05, 0.1) is 12.3 Å². The van der Waals surface area contributed by atoms with Gasteiger partial charge in [0.15, 0.2) is 0 Å². The minimum Gasteiger partial charge on any atom is -0.489 e. The monoisotopic (exact) mass is 243 g/mol. The zero-order valence-corrected chi connectivity index (χ0v) is 10.6. The Morgan fingerprint density at radius 1 is 1.22 bits per heavy atom. The number of pyridine rings is 2. The van der Waals surface area contributed by atoms with Crippen LogP contribution in [0.4, 0.5) is 5.82 Å². The highest BCUT2D eigenvalue weighted by molar-refractivity contribution is 5.35. The first kappa shape index (κ1) is 12.4. The molecule has 0 saturated heterocycles. The third kappa shape index (κ3) is 3.45. The molecule has 2 aromatic rings. The lowest BCUT2D eigenvalue weighted by atomic mass is 10.1. The smallest absolute Gasteiger partial charge is 0.138 e. The highest BCUT2D eigenvalue weighted by Gasteiger charge is 2.02. The Kier molecular flexibility index (Phi) is 3.77. The molecule has 2 rings (SSSR count). The summed E-state index contributed by atoms with van der Waals surface area (Å²) in [5, 5.41) is 0. The van der Waals surface area contributed by atoms with Gasteiger partial charge in [-0.3, -0.25) is 4.98 Å². The predicted octanol–water partition coefficient (Wildman–Crippen LogP) is 2.44. The summed E-state index contributed by atoms with van der Waals surface area (Å²) in [6.45, 7) is 3.99. The molecule has 0 saturated carbocycles. The molecule has 0 spiro atoms. The van der Waals surface area contributed by atoms with E-state index in [9.17, 15) is 0 Å². The molecule has 0 aliphatic heterocycles. The molecule has 2 N–H and O–H groups in total. The number of ether oxygens (including phenoxy) is 1. The highest BCUT2D eigenvalue weighted by atomic mass is 16.5. The first-order chi connectivity index (χ1) is 8.63. The Morgan fingerprint density at radius 3 is 2.78 bits per heavy atom. The fraction of sp³-hybridized carbons (Fsp3) is 0.286. The molecule has 18 heavy (non-hydrogen) atoms. The average molecular weight is 243 g/mol. The topological polar surface area (TPSA) is 61.0 Å². The van der Waals surface area contributed by atoms with Crippen molar-refractivity contribution in [2.45, 2.75) is 26.4 Å². The van der Waals surface area contributed by atoms with E-state index in [1.54, 1.807) is 12.4 Å². The molecule has 0 aromatic carbocycles. The van der Waals surface area contributed by atoms with E-state index in [0.717, 1.165) is 23.3 Å². The number of anilines is 1. The van der Waals surface area contributed by atoms with Crippen LogP contribution in [0, 0.1) is 0 Å². The zero-order chi connectivity index (χ0) is 13.0. The van der Waals surface area contributed by atoms with Gasteiger partial charge >= 0.3 is 0 Å². The summed E-state index contributed by atoms with van der Waals surface area (Å²) in [5.74, 6) is 1.33. The van der Waals surface area contributed by atoms with Crippen LogP contribution < -0.4 is 10.5 Å². The van der Waals surface area contributed by atoms with Gasteiger partial charge in [-0.1, -0.05) is 0 Å². The van der Waals surface area contributed by atoms with E-state index in [1.165, 1.54) is 0 Å². The summed E-state index contributed by atoms with van der Waals surface area (Å²) in [7, 11) is 0. The molecule has 0 amide bonds. The largest absolute Gasteiger partial charge is 0.489 e. The fourth-order valence-electron chi connectivity index (χ4n) is 1.74. The average Bonchev–Trinajstić information content (AvgIpc) is 2.28. The van der Waals surface area contributed by atoms with Gasteiger partial charge in [0.25, 0.3) is 0 Å². The van der Waals surface area contributed by atoms with Gasteiger partial charge in [0.2, 0.25) is 0 Å². The third-order valence-corrected chi connectivity index (χ3v) is 2.40. The Labute approximate surface area is 107 Å². The lowest BCUT2D eigenvalue weighted by Crippen LogP contribution is -2.06. The number of aromatic nitrogens is 2. The van der Waals surface area contributed by atoms with Crippen LogP contribution in [-0.2, 0) is 6.42 Å². The first-order valence-electron chi connectivity index (χ1n) is 5.94. The second kappa shape index (κ2) is 5.49. The van der Waals surface area contributed by atoms with Crippen LogP contribution in [0.3, 0.4) is 0 Å². The maximum absolute atomic E-state index is 5.66. The van der Waals surface area contributed by atoms with Gasteiger partial charge in [-0.05, 0) is 49.6 Å². The molecule has 0 fully saturated rings. The number of nitrogens with zero attached hydrogens (tertiary/aromatic N) is 2.